The van der Waals surface area contributed by atoms with Crippen LogP contribution in [0.1, 0.15) is 62.2 Å². The largest absolute Gasteiger partial charge is 0.468 e. The van der Waals surface area contributed by atoms with Gasteiger partial charge in [0, 0.05) is 30.2 Å². The zero-order valence-electron chi connectivity index (χ0n) is 18.4. The van der Waals surface area contributed by atoms with Gasteiger partial charge >= 0.3 is 0 Å². The second-order valence-electron chi connectivity index (χ2n) is 8.66. The summed E-state index contributed by atoms with van der Waals surface area (Å²) in [5.74, 6) is 0.909. The molecular formula is C24H33N3O3. The first-order valence-corrected chi connectivity index (χ1v) is 10.8. The number of carbonyl (C=O) groups is 2. The summed E-state index contributed by atoms with van der Waals surface area (Å²) in [5, 5.41) is 3.01. The Bertz CT molecular complexity index is 816. The molecule has 1 aliphatic rings. The molecule has 1 aromatic heterocycles. The second-order valence-corrected chi connectivity index (χ2v) is 8.66. The van der Waals surface area contributed by atoms with Gasteiger partial charge in [0.25, 0.3) is 5.91 Å². The van der Waals surface area contributed by atoms with Crippen molar-refractivity contribution < 1.29 is 14.0 Å². The molecule has 1 N–H and O–H groups in total. The van der Waals surface area contributed by atoms with Gasteiger partial charge < -0.3 is 14.6 Å². The molecule has 6 nitrogen and oxygen atoms in total. The number of nitrogens with zero attached hydrogens (tertiary/aromatic N) is 2. The monoisotopic (exact) mass is 411 g/mol. The Balaban J connectivity index is 1.68. The minimum absolute atomic E-state index is 0.0174. The molecule has 0 saturated heterocycles. The lowest BCUT2D eigenvalue weighted by atomic mass is 10.1. The fourth-order valence-corrected chi connectivity index (χ4v) is 3.75. The van der Waals surface area contributed by atoms with E-state index in [1.807, 2.05) is 69.0 Å². The number of benzene rings is 1. The minimum Gasteiger partial charge on any atom is -0.468 e. The Kier molecular flexibility index (Phi) is 7.32. The number of hydrogen-bond acceptors (Lipinski definition) is 4. The van der Waals surface area contributed by atoms with Crippen molar-refractivity contribution >= 4 is 11.8 Å². The molecule has 30 heavy (non-hydrogen) atoms. The van der Waals surface area contributed by atoms with E-state index in [0.29, 0.717) is 31.2 Å². The molecule has 162 valence electrons. The summed E-state index contributed by atoms with van der Waals surface area (Å²) in [6.45, 7) is 9.62. The molecule has 1 fully saturated rings. The van der Waals surface area contributed by atoms with Crippen LogP contribution in [-0.4, -0.2) is 46.3 Å². The SMILES string of the molecule is CC(C)N(C(=O)CN(Cc1ccc(C(=O)NC2CC2)cc1)Cc1ccco1)C(C)C. The molecule has 1 heterocycles. The van der Waals surface area contributed by atoms with Crippen molar-refractivity contribution in [3.05, 3.63) is 59.5 Å². The van der Waals surface area contributed by atoms with Crippen LogP contribution in [0.2, 0.25) is 0 Å². The average molecular weight is 412 g/mol. The van der Waals surface area contributed by atoms with Gasteiger partial charge in [-0.25, -0.2) is 0 Å². The van der Waals surface area contributed by atoms with Gasteiger partial charge in [0.15, 0.2) is 0 Å². The zero-order chi connectivity index (χ0) is 21.7. The molecule has 1 aromatic carbocycles. The van der Waals surface area contributed by atoms with Crippen LogP contribution in [0, 0.1) is 0 Å². The van der Waals surface area contributed by atoms with Gasteiger partial charge in [-0.05, 0) is 70.4 Å². The molecule has 1 saturated carbocycles. The summed E-state index contributed by atoms with van der Waals surface area (Å²) in [6.07, 6.45) is 3.80. The van der Waals surface area contributed by atoms with Crippen LogP contribution >= 0.6 is 0 Å². The number of nitrogens with one attached hydrogen (secondary N) is 1. The Hall–Kier alpha value is -2.60. The van der Waals surface area contributed by atoms with Gasteiger partial charge in [-0.15, -0.1) is 0 Å². The van der Waals surface area contributed by atoms with Crippen LogP contribution in [0.3, 0.4) is 0 Å². The molecular weight excluding hydrogens is 378 g/mol. The summed E-state index contributed by atoms with van der Waals surface area (Å²) in [7, 11) is 0. The van der Waals surface area contributed by atoms with Crippen LogP contribution in [0.4, 0.5) is 0 Å². The predicted molar refractivity (Wildman–Crippen MR) is 117 cm³/mol. The number of rotatable bonds is 10. The zero-order valence-corrected chi connectivity index (χ0v) is 18.4. The molecule has 0 atom stereocenters. The summed E-state index contributed by atoms with van der Waals surface area (Å²) in [4.78, 5) is 29.2. The van der Waals surface area contributed by atoms with E-state index in [4.69, 9.17) is 4.42 Å². The highest BCUT2D eigenvalue weighted by atomic mass is 16.3. The van der Waals surface area contributed by atoms with Crippen molar-refractivity contribution in [2.24, 2.45) is 0 Å². The van der Waals surface area contributed by atoms with Crippen molar-refractivity contribution in [1.82, 2.24) is 15.1 Å². The van der Waals surface area contributed by atoms with E-state index < -0.39 is 0 Å². The molecule has 0 bridgehead atoms. The normalized spacial score (nSPS) is 13.8. The van der Waals surface area contributed by atoms with Crippen LogP contribution in [0.25, 0.3) is 0 Å². The van der Waals surface area contributed by atoms with E-state index in [9.17, 15) is 9.59 Å². The van der Waals surface area contributed by atoms with Crippen molar-refractivity contribution in [1.29, 1.82) is 0 Å². The lowest BCUT2D eigenvalue weighted by molar-refractivity contribution is -0.136. The van der Waals surface area contributed by atoms with Crippen molar-refractivity contribution in [3.8, 4) is 0 Å². The molecule has 0 spiro atoms. The van der Waals surface area contributed by atoms with Gasteiger partial charge in [0.2, 0.25) is 5.91 Å². The quantitative estimate of drug-likeness (QED) is 0.645. The third-order valence-electron chi connectivity index (χ3n) is 5.25. The molecule has 0 unspecified atom stereocenters. The Morgan fingerprint density at radius 2 is 1.70 bits per heavy atom. The van der Waals surface area contributed by atoms with E-state index in [1.165, 1.54) is 0 Å². The van der Waals surface area contributed by atoms with E-state index in [2.05, 4.69) is 10.2 Å². The predicted octanol–water partition coefficient (Wildman–Crippen LogP) is 3.82. The van der Waals surface area contributed by atoms with Gasteiger partial charge in [-0.3, -0.25) is 14.5 Å². The van der Waals surface area contributed by atoms with Crippen LogP contribution in [0.15, 0.2) is 47.1 Å². The van der Waals surface area contributed by atoms with Crippen LogP contribution in [0.5, 0.6) is 0 Å². The number of amides is 2. The Labute approximate surface area is 179 Å². The molecule has 1 aliphatic carbocycles. The lowest BCUT2D eigenvalue weighted by Crippen LogP contribution is -2.46. The minimum atomic E-state index is -0.0174. The van der Waals surface area contributed by atoms with Crippen molar-refractivity contribution in [2.75, 3.05) is 6.54 Å². The fraction of sp³-hybridized carbons (Fsp3) is 0.500. The topological polar surface area (TPSA) is 65.8 Å². The number of furan rings is 1. The highest BCUT2D eigenvalue weighted by Gasteiger charge is 2.24. The first-order chi connectivity index (χ1) is 14.3. The first kappa shape index (κ1) is 22.1. The molecule has 0 aliphatic heterocycles. The van der Waals surface area contributed by atoms with Gasteiger partial charge in [0.05, 0.1) is 19.4 Å². The average Bonchev–Trinajstić information content (AvgIpc) is 3.34. The summed E-state index contributed by atoms with van der Waals surface area (Å²) < 4.78 is 5.51. The molecule has 2 aromatic rings. The maximum absolute atomic E-state index is 13.0. The lowest BCUT2D eigenvalue weighted by Gasteiger charge is -2.33. The van der Waals surface area contributed by atoms with E-state index in [-0.39, 0.29) is 23.9 Å². The Morgan fingerprint density at radius 3 is 2.23 bits per heavy atom. The van der Waals surface area contributed by atoms with Gasteiger partial charge in [-0.1, -0.05) is 12.1 Å². The molecule has 6 heteroatoms. The summed E-state index contributed by atoms with van der Waals surface area (Å²) in [6, 6.07) is 12.1. The molecule has 2 amide bonds. The fourth-order valence-electron chi connectivity index (χ4n) is 3.75. The van der Waals surface area contributed by atoms with Crippen LogP contribution < -0.4 is 5.32 Å². The van der Waals surface area contributed by atoms with Crippen molar-refractivity contribution in [2.45, 2.75) is 71.8 Å². The Morgan fingerprint density at radius 1 is 1.03 bits per heavy atom. The van der Waals surface area contributed by atoms with E-state index >= 15 is 0 Å². The third-order valence-corrected chi connectivity index (χ3v) is 5.25. The highest BCUT2D eigenvalue weighted by molar-refractivity contribution is 5.94. The van der Waals surface area contributed by atoms with Crippen molar-refractivity contribution in [3.63, 3.8) is 0 Å². The molecule has 3 rings (SSSR count). The summed E-state index contributed by atoms with van der Waals surface area (Å²) in [5.41, 5.74) is 1.73. The van der Waals surface area contributed by atoms with Gasteiger partial charge in [-0.2, -0.15) is 0 Å². The first-order valence-electron chi connectivity index (χ1n) is 10.8. The standard InChI is InChI=1S/C24H33N3O3/c1-17(2)27(18(3)4)23(28)16-26(15-22-6-5-13-30-22)14-19-7-9-20(10-8-19)24(29)25-21-11-12-21/h5-10,13,17-18,21H,11-12,14-16H2,1-4H3,(H,25,29). The highest BCUT2D eigenvalue weighted by Crippen LogP contribution is 2.20. The summed E-state index contributed by atoms with van der Waals surface area (Å²) >= 11 is 0. The number of hydrogen-bond donors (Lipinski definition) is 1. The maximum atomic E-state index is 13.0. The van der Waals surface area contributed by atoms with Gasteiger partial charge in [0.1, 0.15) is 5.76 Å². The van der Waals surface area contributed by atoms with Crippen LogP contribution in [-0.2, 0) is 17.9 Å². The second kappa shape index (κ2) is 9.94. The third kappa shape index (κ3) is 6.20. The van der Waals surface area contributed by atoms with E-state index in [1.54, 1.807) is 6.26 Å². The number of carbonyl (C=O) groups excluding carboxylic acids is 2. The molecule has 0 radical (unpaired) electrons. The smallest absolute Gasteiger partial charge is 0.251 e. The van der Waals surface area contributed by atoms with E-state index in [0.717, 1.165) is 24.2 Å². The maximum Gasteiger partial charge on any atom is 0.251 e.